The summed E-state index contributed by atoms with van der Waals surface area (Å²) in [5.41, 5.74) is 3.48. The summed E-state index contributed by atoms with van der Waals surface area (Å²) >= 11 is 7.76. The van der Waals surface area contributed by atoms with Crippen LogP contribution in [0.25, 0.3) is 5.69 Å². The fourth-order valence-electron chi connectivity index (χ4n) is 3.63. The van der Waals surface area contributed by atoms with Crippen molar-refractivity contribution in [2.24, 2.45) is 0 Å². The minimum absolute atomic E-state index is 0.0124. The van der Waals surface area contributed by atoms with Crippen LogP contribution in [0.5, 0.6) is 0 Å². The number of aromatic nitrogens is 2. The summed E-state index contributed by atoms with van der Waals surface area (Å²) in [4.78, 5) is 18.8. The molecule has 0 bridgehead atoms. The molecule has 29 heavy (non-hydrogen) atoms. The van der Waals surface area contributed by atoms with Crippen LogP contribution in [0.4, 0.5) is 5.69 Å². The Morgan fingerprint density at radius 1 is 1.03 bits per heavy atom. The largest absolute Gasteiger partial charge is 0.367 e. The van der Waals surface area contributed by atoms with Crippen molar-refractivity contribution in [2.45, 2.75) is 11.8 Å². The zero-order valence-corrected chi connectivity index (χ0v) is 18.1. The number of piperazine rings is 1. The molecule has 150 valence electrons. The molecule has 5 nitrogen and oxygen atoms in total. The van der Waals surface area contributed by atoms with Gasteiger partial charge in [-0.2, -0.15) is 5.10 Å². The average molecular weight is 427 g/mol. The van der Waals surface area contributed by atoms with E-state index in [-0.39, 0.29) is 5.91 Å². The second-order valence-electron chi connectivity index (χ2n) is 7.01. The Labute approximate surface area is 180 Å². The molecule has 0 N–H and O–H groups in total. The Hall–Kier alpha value is -2.44. The van der Waals surface area contributed by atoms with Crippen LogP contribution in [-0.2, 0) is 0 Å². The van der Waals surface area contributed by atoms with Crippen LogP contribution < -0.4 is 4.90 Å². The number of nitrogens with zero attached hydrogens (tertiary/aromatic N) is 4. The number of carbonyl (C=O) groups is 1. The summed E-state index contributed by atoms with van der Waals surface area (Å²) in [6.07, 6.45) is 2.10. The zero-order chi connectivity index (χ0) is 20.4. The standard InChI is InChI=1S/C22H23ClN4OS/c1-16-15-20(27(24-16)18-9-7-17(23)8-10-18)22(28)26-13-11-25(12-14-26)19-5-3-4-6-21(19)29-2/h3-10,15H,11-14H2,1-2H3. The minimum Gasteiger partial charge on any atom is -0.367 e. The van der Waals surface area contributed by atoms with Gasteiger partial charge in [-0.05, 0) is 55.6 Å². The number of rotatable bonds is 4. The number of hydrogen-bond donors (Lipinski definition) is 0. The number of amides is 1. The van der Waals surface area contributed by atoms with Crippen molar-refractivity contribution in [2.75, 3.05) is 37.3 Å². The molecule has 1 fully saturated rings. The molecule has 2 heterocycles. The maximum Gasteiger partial charge on any atom is 0.272 e. The third-order valence-electron chi connectivity index (χ3n) is 5.11. The van der Waals surface area contributed by atoms with E-state index in [9.17, 15) is 4.79 Å². The van der Waals surface area contributed by atoms with Gasteiger partial charge in [-0.3, -0.25) is 4.79 Å². The van der Waals surface area contributed by atoms with Crippen molar-refractivity contribution in [3.8, 4) is 5.69 Å². The molecular weight excluding hydrogens is 404 g/mol. The number of anilines is 1. The highest BCUT2D eigenvalue weighted by atomic mass is 35.5. The predicted octanol–water partition coefficient (Wildman–Crippen LogP) is 4.52. The van der Waals surface area contributed by atoms with Crippen LogP contribution in [-0.4, -0.2) is 53.0 Å². The summed E-state index contributed by atoms with van der Waals surface area (Å²) < 4.78 is 1.71. The van der Waals surface area contributed by atoms with Crippen molar-refractivity contribution < 1.29 is 4.79 Å². The first kappa shape index (κ1) is 19.9. The molecule has 7 heteroatoms. The van der Waals surface area contributed by atoms with E-state index in [0.717, 1.165) is 24.5 Å². The quantitative estimate of drug-likeness (QED) is 0.575. The van der Waals surface area contributed by atoms with Crippen LogP contribution >= 0.6 is 23.4 Å². The Morgan fingerprint density at radius 2 is 1.72 bits per heavy atom. The van der Waals surface area contributed by atoms with Crippen molar-refractivity contribution in [1.82, 2.24) is 14.7 Å². The van der Waals surface area contributed by atoms with Gasteiger partial charge in [0.1, 0.15) is 5.69 Å². The average Bonchev–Trinajstić information content (AvgIpc) is 3.15. The summed E-state index contributed by atoms with van der Waals surface area (Å²) in [5, 5.41) is 5.18. The monoisotopic (exact) mass is 426 g/mol. The summed E-state index contributed by atoms with van der Waals surface area (Å²) in [5.74, 6) is 0.0124. The molecule has 0 atom stereocenters. The van der Waals surface area contributed by atoms with Gasteiger partial charge in [0, 0.05) is 36.1 Å². The lowest BCUT2D eigenvalue weighted by molar-refractivity contribution is 0.0737. The van der Waals surface area contributed by atoms with Crippen LogP contribution in [0.2, 0.25) is 5.02 Å². The van der Waals surface area contributed by atoms with E-state index in [2.05, 4.69) is 40.5 Å². The molecule has 0 aliphatic carbocycles. The van der Waals surface area contributed by atoms with Gasteiger partial charge in [-0.1, -0.05) is 23.7 Å². The van der Waals surface area contributed by atoms with Crippen molar-refractivity contribution in [1.29, 1.82) is 0 Å². The topological polar surface area (TPSA) is 41.4 Å². The second kappa shape index (κ2) is 8.51. The van der Waals surface area contributed by atoms with Crippen molar-refractivity contribution >= 4 is 35.0 Å². The van der Waals surface area contributed by atoms with Crippen LogP contribution in [0, 0.1) is 6.92 Å². The first-order chi connectivity index (χ1) is 14.1. The SMILES string of the molecule is CSc1ccccc1N1CCN(C(=O)c2cc(C)nn2-c2ccc(Cl)cc2)CC1. The lowest BCUT2D eigenvalue weighted by Crippen LogP contribution is -2.49. The maximum absolute atomic E-state index is 13.3. The first-order valence-electron chi connectivity index (χ1n) is 9.56. The molecule has 1 amide bonds. The Morgan fingerprint density at radius 3 is 2.41 bits per heavy atom. The fraction of sp³-hybridized carbons (Fsp3) is 0.273. The van der Waals surface area contributed by atoms with Crippen LogP contribution in [0.1, 0.15) is 16.2 Å². The Kier molecular flexibility index (Phi) is 5.83. The molecule has 3 aromatic rings. The van der Waals surface area contributed by atoms with Gasteiger partial charge in [0.2, 0.25) is 0 Å². The zero-order valence-electron chi connectivity index (χ0n) is 16.5. The van der Waals surface area contributed by atoms with Crippen LogP contribution in [0.15, 0.2) is 59.5 Å². The fourth-order valence-corrected chi connectivity index (χ4v) is 4.38. The Balaban J connectivity index is 1.51. The molecule has 1 saturated heterocycles. The summed E-state index contributed by atoms with van der Waals surface area (Å²) in [6.45, 7) is 4.91. The minimum atomic E-state index is 0.0124. The molecule has 4 rings (SSSR count). The molecular formula is C22H23ClN4OS. The van der Waals surface area contributed by atoms with E-state index in [1.807, 2.05) is 42.2 Å². The van der Waals surface area contributed by atoms with Gasteiger partial charge in [-0.25, -0.2) is 4.68 Å². The molecule has 1 aliphatic heterocycles. The van der Waals surface area contributed by atoms with E-state index in [1.165, 1.54) is 10.6 Å². The third-order valence-corrected chi connectivity index (χ3v) is 6.15. The molecule has 1 aromatic heterocycles. The van der Waals surface area contributed by atoms with E-state index in [0.29, 0.717) is 23.8 Å². The molecule has 0 saturated carbocycles. The smallest absolute Gasteiger partial charge is 0.272 e. The lowest BCUT2D eigenvalue weighted by atomic mass is 10.2. The predicted molar refractivity (Wildman–Crippen MR) is 120 cm³/mol. The van der Waals surface area contributed by atoms with Gasteiger partial charge in [0.25, 0.3) is 5.91 Å². The van der Waals surface area contributed by atoms with Gasteiger partial charge in [0.15, 0.2) is 0 Å². The normalized spacial score (nSPS) is 14.3. The van der Waals surface area contributed by atoms with Gasteiger partial charge >= 0.3 is 0 Å². The molecule has 0 radical (unpaired) electrons. The van der Waals surface area contributed by atoms with E-state index in [1.54, 1.807) is 16.4 Å². The summed E-state index contributed by atoms with van der Waals surface area (Å²) in [6, 6.07) is 17.7. The van der Waals surface area contributed by atoms with Crippen molar-refractivity contribution in [3.05, 3.63) is 71.0 Å². The molecule has 0 spiro atoms. The van der Waals surface area contributed by atoms with E-state index in [4.69, 9.17) is 11.6 Å². The highest BCUT2D eigenvalue weighted by Gasteiger charge is 2.26. The van der Waals surface area contributed by atoms with Gasteiger partial charge in [-0.15, -0.1) is 11.8 Å². The number of carbonyl (C=O) groups excluding carboxylic acids is 1. The highest BCUT2D eigenvalue weighted by Crippen LogP contribution is 2.29. The lowest BCUT2D eigenvalue weighted by Gasteiger charge is -2.36. The molecule has 2 aromatic carbocycles. The third kappa shape index (κ3) is 4.14. The van der Waals surface area contributed by atoms with Crippen LogP contribution in [0.3, 0.4) is 0 Å². The number of hydrogen-bond acceptors (Lipinski definition) is 4. The summed E-state index contributed by atoms with van der Waals surface area (Å²) in [7, 11) is 0. The number of para-hydroxylation sites is 1. The van der Waals surface area contributed by atoms with E-state index >= 15 is 0 Å². The molecule has 1 aliphatic rings. The first-order valence-corrected chi connectivity index (χ1v) is 11.2. The van der Waals surface area contributed by atoms with E-state index < -0.39 is 0 Å². The molecule has 0 unspecified atom stereocenters. The number of halogens is 1. The van der Waals surface area contributed by atoms with Gasteiger partial charge < -0.3 is 9.80 Å². The maximum atomic E-state index is 13.3. The van der Waals surface area contributed by atoms with Crippen molar-refractivity contribution in [3.63, 3.8) is 0 Å². The Bertz CT molecular complexity index is 1010. The number of benzene rings is 2. The number of thioether (sulfide) groups is 1. The van der Waals surface area contributed by atoms with Gasteiger partial charge in [0.05, 0.1) is 17.1 Å². The highest BCUT2D eigenvalue weighted by molar-refractivity contribution is 7.98. The number of aryl methyl sites for hydroxylation is 1. The second-order valence-corrected chi connectivity index (χ2v) is 8.29.